The number of halogens is 4. The van der Waals surface area contributed by atoms with Crippen LogP contribution in [0.5, 0.6) is 0 Å². The number of nitrogens with zero attached hydrogens (tertiary/aromatic N) is 3. The van der Waals surface area contributed by atoms with E-state index in [0.717, 1.165) is 12.3 Å². The van der Waals surface area contributed by atoms with E-state index in [1.54, 1.807) is 43.3 Å². The third-order valence-electron chi connectivity index (χ3n) is 5.20. The highest BCUT2D eigenvalue weighted by atomic mass is 19.4. The van der Waals surface area contributed by atoms with Crippen LogP contribution in [0.25, 0.3) is 22.4 Å². The normalized spacial score (nSPS) is 11.3. The maximum absolute atomic E-state index is 13.8. The summed E-state index contributed by atoms with van der Waals surface area (Å²) < 4.78 is 52.4. The minimum Gasteiger partial charge on any atom is -0.347 e. The predicted molar refractivity (Wildman–Crippen MR) is 118 cm³/mol. The lowest BCUT2D eigenvalue weighted by molar-refractivity contribution is -0.141. The summed E-state index contributed by atoms with van der Waals surface area (Å²) in [5.41, 5.74) is 2.39. The van der Waals surface area contributed by atoms with Crippen LogP contribution in [0.3, 0.4) is 0 Å². The molecule has 3 aromatic heterocycles. The summed E-state index contributed by atoms with van der Waals surface area (Å²) in [6, 6.07) is 13.6. The fraction of sp³-hybridized carbons (Fsp3) is 0.120. The van der Waals surface area contributed by atoms with Crippen molar-refractivity contribution in [1.82, 2.24) is 20.3 Å². The topological polar surface area (TPSA) is 67.8 Å². The second kappa shape index (κ2) is 9.38. The molecule has 4 rings (SSSR count). The molecule has 0 bridgehead atoms. The van der Waals surface area contributed by atoms with E-state index in [1.165, 1.54) is 24.5 Å². The molecule has 0 aliphatic heterocycles. The predicted octanol–water partition coefficient (Wildman–Crippen LogP) is 5.60. The minimum atomic E-state index is -4.54. The van der Waals surface area contributed by atoms with Crippen LogP contribution in [0.4, 0.5) is 17.6 Å². The Balaban J connectivity index is 1.40. The highest BCUT2D eigenvalue weighted by molar-refractivity contribution is 5.92. The first-order valence-electron chi connectivity index (χ1n) is 10.2. The van der Waals surface area contributed by atoms with Gasteiger partial charge in [0, 0.05) is 36.3 Å². The molecule has 0 unspecified atom stereocenters. The standard InChI is InChI=1S/C25H18F4N4O/c1-15-19(3-2-4-20(15)26)18-6-8-22(32-14-18)24(34)33-13-16-5-7-21(31-12-16)17-9-10-30-23(11-17)25(27,28)29/h2-12,14H,13H2,1H3,(H,33,34). The molecule has 3 heterocycles. The second-order valence-corrected chi connectivity index (χ2v) is 7.51. The molecule has 9 heteroatoms. The van der Waals surface area contributed by atoms with Gasteiger partial charge in [-0.05, 0) is 53.9 Å². The first-order chi connectivity index (χ1) is 16.2. The first kappa shape index (κ1) is 23.0. The summed E-state index contributed by atoms with van der Waals surface area (Å²) in [7, 11) is 0. The van der Waals surface area contributed by atoms with Gasteiger partial charge in [0.25, 0.3) is 5.91 Å². The van der Waals surface area contributed by atoms with Gasteiger partial charge in [-0.2, -0.15) is 13.2 Å². The molecule has 5 nitrogen and oxygen atoms in total. The van der Waals surface area contributed by atoms with Crippen LogP contribution in [0, 0.1) is 12.7 Å². The molecule has 0 saturated carbocycles. The molecule has 34 heavy (non-hydrogen) atoms. The monoisotopic (exact) mass is 466 g/mol. The summed E-state index contributed by atoms with van der Waals surface area (Å²) in [6.07, 6.45) is -0.464. The zero-order valence-electron chi connectivity index (χ0n) is 17.9. The van der Waals surface area contributed by atoms with Crippen molar-refractivity contribution in [1.29, 1.82) is 0 Å². The molecule has 0 radical (unpaired) electrons. The van der Waals surface area contributed by atoms with Crippen molar-refractivity contribution in [3.8, 4) is 22.4 Å². The van der Waals surface area contributed by atoms with Crippen molar-refractivity contribution < 1.29 is 22.4 Å². The number of carbonyl (C=O) groups is 1. The van der Waals surface area contributed by atoms with E-state index in [0.29, 0.717) is 27.9 Å². The molecule has 1 aromatic carbocycles. The van der Waals surface area contributed by atoms with Crippen LogP contribution in [-0.2, 0) is 12.7 Å². The van der Waals surface area contributed by atoms with Crippen molar-refractivity contribution in [3.05, 3.63) is 102 Å². The van der Waals surface area contributed by atoms with Crippen molar-refractivity contribution in [2.45, 2.75) is 19.6 Å². The highest BCUT2D eigenvalue weighted by Gasteiger charge is 2.32. The number of hydrogen-bond donors (Lipinski definition) is 1. The van der Waals surface area contributed by atoms with Crippen molar-refractivity contribution >= 4 is 5.91 Å². The Kier molecular flexibility index (Phi) is 6.36. The van der Waals surface area contributed by atoms with Crippen LogP contribution >= 0.6 is 0 Å². The van der Waals surface area contributed by atoms with Gasteiger partial charge >= 0.3 is 6.18 Å². The van der Waals surface area contributed by atoms with Gasteiger partial charge in [-0.15, -0.1) is 0 Å². The third-order valence-corrected chi connectivity index (χ3v) is 5.20. The molecule has 0 fully saturated rings. The maximum Gasteiger partial charge on any atom is 0.433 e. The second-order valence-electron chi connectivity index (χ2n) is 7.51. The third kappa shape index (κ3) is 5.09. The van der Waals surface area contributed by atoms with Gasteiger partial charge < -0.3 is 5.32 Å². The lowest BCUT2D eigenvalue weighted by atomic mass is 10.0. The van der Waals surface area contributed by atoms with Gasteiger partial charge in [0.2, 0.25) is 0 Å². The van der Waals surface area contributed by atoms with Gasteiger partial charge in [-0.1, -0.05) is 24.3 Å². The molecule has 0 spiro atoms. The molecule has 0 atom stereocenters. The lowest BCUT2D eigenvalue weighted by Crippen LogP contribution is -2.23. The molecular formula is C25H18F4N4O. The molecule has 1 N–H and O–H groups in total. The lowest BCUT2D eigenvalue weighted by Gasteiger charge is -2.09. The van der Waals surface area contributed by atoms with E-state index in [2.05, 4.69) is 20.3 Å². The number of carbonyl (C=O) groups excluding carboxylic acids is 1. The summed E-state index contributed by atoms with van der Waals surface area (Å²) in [4.78, 5) is 24.1. The van der Waals surface area contributed by atoms with Gasteiger partial charge in [0.05, 0.1) is 5.69 Å². The number of nitrogens with one attached hydrogen (secondary N) is 1. The van der Waals surface area contributed by atoms with Crippen molar-refractivity contribution in [2.24, 2.45) is 0 Å². The molecule has 1 amide bonds. The number of alkyl halides is 3. The zero-order chi connectivity index (χ0) is 24.3. The number of benzene rings is 1. The van der Waals surface area contributed by atoms with Crippen LogP contribution in [0.2, 0.25) is 0 Å². The highest BCUT2D eigenvalue weighted by Crippen LogP contribution is 2.30. The van der Waals surface area contributed by atoms with Crippen molar-refractivity contribution in [2.75, 3.05) is 0 Å². The van der Waals surface area contributed by atoms with E-state index < -0.39 is 17.8 Å². The quantitative estimate of drug-likeness (QED) is 0.389. The number of rotatable bonds is 5. The fourth-order valence-electron chi connectivity index (χ4n) is 3.33. The first-order valence-corrected chi connectivity index (χ1v) is 10.2. The molecule has 4 aromatic rings. The van der Waals surface area contributed by atoms with E-state index in [4.69, 9.17) is 0 Å². The van der Waals surface area contributed by atoms with Gasteiger partial charge in [-0.25, -0.2) is 4.39 Å². The number of hydrogen-bond acceptors (Lipinski definition) is 4. The Hall–Kier alpha value is -4.14. The SMILES string of the molecule is Cc1c(F)cccc1-c1ccc(C(=O)NCc2ccc(-c3ccnc(C(F)(F)F)c3)nc2)nc1. The fourth-order valence-corrected chi connectivity index (χ4v) is 3.33. The molecule has 0 aliphatic rings. The van der Waals surface area contributed by atoms with Crippen LogP contribution in [0.15, 0.2) is 73.2 Å². The molecular weight excluding hydrogens is 448 g/mol. The minimum absolute atomic E-state index is 0.155. The number of aromatic nitrogens is 3. The summed E-state index contributed by atoms with van der Waals surface area (Å²) in [5, 5.41) is 2.72. The largest absolute Gasteiger partial charge is 0.433 e. The van der Waals surface area contributed by atoms with E-state index >= 15 is 0 Å². The number of amides is 1. The molecule has 172 valence electrons. The Morgan fingerprint density at radius 3 is 2.44 bits per heavy atom. The average molecular weight is 466 g/mol. The van der Waals surface area contributed by atoms with Crippen molar-refractivity contribution in [3.63, 3.8) is 0 Å². The number of pyridine rings is 3. The van der Waals surface area contributed by atoms with Gasteiger partial charge in [-0.3, -0.25) is 19.7 Å². The smallest absolute Gasteiger partial charge is 0.347 e. The summed E-state index contributed by atoms with van der Waals surface area (Å²) in [6.45, 7) is 1.83. The summed E-state index contributed by atoms with van der Waals surface area (Å²) >= 11 is 0. The van der Waals surface area contributed by atoms with Gasteiger partial charge in [0.1, 0.15) is 17.2 Å². The van der Waals surface area contributed by atoms with Crippen LogP contribution in [-0.4, -0.2) is 20.9 Å². The Morgan fingerprint density at radius 1 is 0.941 bits per heavy atom. The average Bonchev–Trinajstić information content (AvgIpc) is 2.84. The van der Waals surface area contributed by atoms with Gasteiger partial charge in [0.15, 0.2) is 0 Å². The Labute approximate surface area is 192 Å². The van der Waals surface area contributed by atoms with Crippen LogP contribution < -0.4 is 5.32 Å². The maximum atomic E-state index is 13.8. The van der Waals surface area contributed by atoms with E-state index in [9.17, 15) is 22.4 Å². The molecule has 0 aliphatic carbocycles. The van der Waals surface area contributed by atoms with E-state index in [1.807, 2.05) is 0 Å². The molecule has 0 saturated heterocycles. The summed E-state index contributed by atoms with van der Waals surface area (Å²) in [5.74, 6) is -0.723. The van der Waals surface area contributed by atoms with Crippen LogP contribution in [0.1, 0.15) is 27.3 Å². The zero-order valence-corrected chi connectivity index (χ0v) is 17.9. The Bertz CT molecular complexity index is 1320. The van der Waals surface area contributed by atoms with E-state index in [-0.39, 0.29) is 23.6 Å². The Morgan fingerprint density at radius 2 is 1.76 bits per heavy atom.